The number of nitrogens with zero attached hydrogens (tertiary/aromatic N) is 1. The first-order chi connectivity index (χ1) is 10.2. The number of hydrogen-bond acceptors (Lipinski definition) is 3. The Kier molecular flexibility index (Phi) is 3.30. The molecule has 2 heterocycles. The van der Waals surface area contributed by atoms with Crippen molar-refractivity contribution in [1.82, 2.24) is 4.98 Å². The van der Waals surface area contributed by atoms with Crippen LogP contribution in [0.2, 0.25) is 0 Å². The SMILES string of the molecule is Cc1nc2c(c(C)c1C(F)(F)F)C(C)C1=C(CCCC1=O)N2. The van der Waals surface area contributed by atoms with Crippen molar-refractivity contribution in [1.29, 1.82) is 0 Å². The highest BCUT2D eigenvalue weighted by Crippen LogP contribution is 2.45. The number of rotatable bonds is 0. The minimum Gasteiger partial charge on any atom is -0.343 e. The van der Waals surface area contributed by atoms with E-state index in [1.807, 2.05) is 0 Å². The summed E-state index contributed by atoms with van der Waals surface area (Å²) in [5.41, 5.74) is 1.39. The van der Waals surface area contributed by atoms with Crippen molar-refractivity contribution >= 4 is 11.6 Å². The third-order valence-electron chi connectivity index (χ3n) is 4.55. The van der Waals surface area contributed by atoms with Gasteiger partial charge >= 0.3 is 6.18 Å². The number of alkyl halides is 3. The first-order valence-electron chi connectivity index (χ1n) is 7.33. The number of aryl methyl sites for hydroxylation is 1. The maximum Gasteiger partial charge on any atom is 0.418 e. The van der Waals surface area contributed by atoms with Crippen molar-refractivity contribution < 1.29 is 18.0 Å². The van der Waals surface area contributed by atoms with Crippen LogP contribution in [0, 0.1) is 13.8 Å². The van der Waals surface area contributed by atoms with Gasteiger partial charge < -0.3 is 5.32 Å². The lowest BCUT2D eigenvalue weighted by molar-refractivity contribution is -0.138. The molecule has 3 rings (SSSR count). The average Bonchev–Trinajstić information content (AvgIpc) is 2.35. The summed E-state index contributed by atoms with van der Waals surface area (Å²) in [6.45, 7) is 4.63. The molecule has 2 aliphatic rings. The molecule has 1 aromatic heterocycles. The number of pyridine rings is 1. The minimum atomic E-state index is -4.44. The van der Waals surface area contributed by atoms with Crippen molar-refractivity contribution in [3.8, 4) is 0 Å². The summed E-state index contributed by atoms with van der Waals surface area (Å²) in [7, 11) is 0. The quantitative estimate of drug-likeness (QED) is 0.779. The second-order valence-corrected chi connectivity index (χ2v) is 5.97. The van der Waals surface area contributed by atoms with Crippen molar-refractivity contribution in [2.75, 3.05) is 5.32 Å². The highest BCUT2D eigenvalue weighted by atomic mass is 19.4. The van der Waals surface area contributed by atoms with Crippen molar-refractivity contribution in [3.05, 3.63) is 33.7 Å². The monoisotopic (exact) mass is 310 g/mol. The van der Waals surface area contributed by atoms with E-state index in [1.165, 1.54) is 13.8 Å². The molecule has 0 bridgehead atoms. The summed E-state index contributed by atoms with van der Waals surface area (Å²) in [5, 5.41) is 3.10. The Bertz CT molecular complexity index is 704. The molecule has 1 N–H and O–H groups in total. The van der Waals surface area contributed by atoms with Gasteiger partial charge in [0.15, 0.2) is 5.78 Å². The van der Waals surface area contributed by atoms with Crippen LogP contribution in [0.4, 0.5) is 19.0 Å². The Balaban J connectivity index is 2.22. The van der Waals surface area contributed by atoms with Gasteiger partial charge in [-0.3, -0.25) is 4.79 Å². The first kappa shape index (κ1) is 15.1. The van der Waals surface area contributed by atoms with E-state index in [4.69, 9.17) is 0 Å². The van der Waals surface area contributed by atoms with Crippen molar-refractivity contribution in [2.24, 2.45) is 0 Å². The maximum atomic E-state index is 13.3. The van der Waals surface area contributed by atoms with Gasteiger partial charge in [-0.2, -0.15) is 13.2 Å². The number of hydrogen-bond donors (Lipinski definition) is 1. The van der Waals surface area contributed by atoms with Gasteiger partial charge in [0.25, 0.3) is 0 Å². The predicted octanol–water partition coefficient (Wildman–Crippen LogP) is 4.25. The van der Waals surface area contributed by atoms with Gasteiger partial charge in [0, 0.05) is 29.2 Å². The number of carbonyl (C=O) groups is 1. The van der Waals surface area contributed by atoms with Crippen LogP contribution < -0.4 is 5.32 Å². The number of ketones is 1. The largest absolute Gasteiger partial charge is 0.418 e. The van der Waals surface area contributed by atoms with Gasteiger partial charge in [0.2, 0.25) is 0 Å². The Hall–Kier alpha value is -1.85. The van der Waals surface area contributed by atoms with E-state index in [0.717, 1.165) is 18.5 Å². The van der Waals surface area contributed by atoms with E-state index in [2.05, 4.69) is 10.3 Å². The molecule has 1 unspecified atom stereocenters. The number of aromatic nitrogens is 1. The van der Waals surface area contributed by atoms with E-state index in [9.17, 15) is 18.0 Å². The molecule has 22 heavy (non-hydrogen) atoms. The number of fused-ring (bicyclic) bond motifs is 1. The fourth-order valence-electron chi connectivity index (χ4n) is 3.69. The summed E-state index contributed by atoms with van der Waals surface area (Å²) in [6, 6.07) is 0. The van der Waals surface area contributed by atoms with Crippen molar-refractivity contribution in [3.63, 3.8) is 0 Å². The Morgan fingerprint density at radius 2 is 1.91 bits per heavy atom. The maximum absolute atomic E-state index is 13.3. The number of carbonyl (C=O) groups excluding carboxylic acids is 1. The Morgan fingerprint density at radius 1 is 1.23 bits per heavy atom. The number of allylic oxidation sites excluding steroid dienone is 2. The summed E-state index contributed by atoms with van der Waals surface area (Å²) >= 11 is 0. The van der Waals surface area contributed by atoms with Gasteiger partial charge in [-0.25, -0.2) is 4.98 Å². The molecule has 0 amide bonds. The molecule has 0 spiro atoms. The Morgan fingerprint density at radius 3 is 2.55 bits per heavy atom. The molecule has 0 aromatic carbocycles. The van der Waals surface area contributed by atoms with E-state index in [1.54, 1.807) is 6.92 Å². The average molecular weight is 310 g/mol. The smallest absolute Gasteiger partial charge is 0.343 e. The first-order valence-corrected chi connectivity index (χ1v) is 7.33. The van der Waals surface area contributed by atoms with Crippen LogP contribution in [0.15, 0.2) is 11.3 Å². The fourth-order valence-corrected chi connectivity index (χ4v) is 3.69. The second kappa shape index (κ2) is 4.83. The normalized spacial score (nSPS) is 21.4. The summed E-state index contributed by atoms with van der Waals surface area (Å²) < 4.78 is 39.8. The lowest BCUT2D eigenvalue weighted by atomic mass is 9.78. The van der Waals surface area contributed by atoms with Gasteiger partial charge in [-0.1, -0.05) is 6.92 Å². The van der Waals surface area contributed by atoms with Crippen LogP contribution in [0.5, 0.6) is 0 Å². The van der Waals surface area contributed by atoms with Crippen LogP contribution in [-0.2, 0) is 11.0 Å². The predicted molar refractivity (Wildman–Crippen MR) is 76.6 cm³/mol. The molecular formula is C16H17F3N2O. The standard InChI is InChI=1S/C16H17F3N2O/c1-7-12-8(2)14(16(17,18)19)9(3)20-15(12)21-10-5-4-6-11(22)13(7)10/h7H,4-6H2,1-3H3,(H,20,21). The molecule has 0 fully saturated rings. The fraction of sp³-hybridized carbons (Fsp3) is 0.500. The van der Waals surface area contributed by atoms with Crippen molar-refractivity contribution in [2.45, 2.75) is 52.1 Å². The molecular weight excluding hydrogens is 293 g/mol. The third kappa shape index (κ3) is 2.12. The summed E-state index contributed by atoms with van der Waals surface area (Å²) in [6.07, 6.45) is -2.47. The molecule has 6 heteroatoms. The van der Waals surface area contributed by atoms with Crippen LogP contribution in [0.25, 0.3) is 0 Å². The lowest BCUT2D eigenvalue weighted by Crippen LogP contribution is -2.27. The van der Waals surface area contributed by atoms with E-state index >= 15 is 0 Å². The molecule has 118 valence electrons. The highest BCUT2D eigenvalue weighted by molar-refractivity contribution is 6.00. The van der Waals surface area contributed by atoms with Crippen LogP contribution in [-0.4, -0.2) is 10.8 Å². The zero-order valence-corrected chi connectivity index (χ0v) is 12.7. The molecule has 0 saturated heterocycles. The van der Waals surface area contributed by atoms with Gasteiger partial charge in [-0.05, 0) is 32.3 Å². The van der Waals surface area contributed by atoms with Gasteiger partial charge in [0.1, 0.15) is 5.82 Å². The summed E-state index contributed by atoms with van der Waals surface area (Å²) in [5.74, 6) is 0.137. The molecule has 3 nitrogen and oxygen atoms in total. The van der Waals surface area contributed by atoms with Crippen LogP contribution >= 0.6 is 0 Å². The molecule has 1 aromatic rings. The number of halogens is 3. The zero-order chi connectivity index (χ0) is 16.2. The second-order valence-electron chi connectivity index (χ2n) is 5.97. The molecule has 1 aliphatic heterocycles. The topological polar surface area (TPSA) is 42.0 Å². The Labute approximate surface area is 126 Å². The number of anilines is 1. The third-order valence-corrected chi connectivity index (χ3v) is 4.55. The van der Waals surface area contributed by atoms with E-state index in [-0.39, 0.29) is 23.0 Å². The van der Waals surface area contributed by atoms with Crippen LogP contribution in [0.3, 0.4) is 0 Å². The van der Waals surface area contributed by atoms with Gasteiger partial charge in [0.05, 0.1) is 11.3 Å². The van der Waals surface area contributed by atoms with Crippen LogP contribution in [0.1, 0.15) is 54.5 Å². The molecule has 0 radical (unpaired) electrons. The highest BCUT2D eigenvalue weighted by Gasteiger charge is 2.40. The number of nitrogens with one attached hydrogen (secondary N) is 1. The molecule has 1 atom stereocenters. The lowest BCUT2D eigenvalue weighted by Gasteiger charge is -2.33. The van der Waals surface area contributed by atoms with E-state index in [0.29, 0.717) is 23.4 Å². The summed E-state index contributed by atoms with van der Waals surface area (Å²) in [4.78, 5) is 16.3. The number of Topliss-reactive ketones (excluding diaryl/α,β-unsaturated/α-hetero) is 1. The minimum absolute atomic E-state index is 0.0282. The molecule has 1 aliphatic carbocycles. The zero-order valence-electron chi connectivity index (χ0n) is 12.7. The van der Waals surface area contributed by atoms with E-state index < -0.39 is 11.7 Å². The van der Waals surface area contributed by atoms with Gasteiger partial charge in [-0.15, -0.1) is 0 Å². The molecule has 0 saturated carbocycles.